The van der Waals surface area contributed by atoms with Crippen molar-refractivity contribution in [2.24, 2.45) is 0 Å². The molecule has 2 aromatic carbocycles. The number of methoxy groups -OCH3 is 1. The highest BCUT2D eigenvalue weighted by molar-refractivity contribution is 5.97. The number of ether oxygens (including phenoxy) is 1. The monoisotopic (exact) mass is 254 g/mol. The molecule has 0 saturated heterocycles. The van der Waals surface area contributed by atoms with Gasteiger partial charge in [0, 0.05) is 30.1 Å². The second-order valence-electron chi connectivity index (χ2n) is 5.14. The third-order valence-electron chi connectivity index (χ3n) is 3.30. The first-order valence-corrected chi connectivity index (χ1v) is 6.28. The number of nitrogens with one attached hydrogen (secondary N) is 1. The van der Waals surface area contributed by atoms with Gasteiger partial charge < -0.3 is 10.1 Å². The predicted octanol–water partition coefficient (Wildman–Crippen LogP) is 3.55. The molecule has 0 atom stereocenters. The summed E-state index contributed by atoms with van der Waals surface area (Å²) in [6.45, 7) is 4.77. The average molecular weight is 254 g/mol. The maximum atomic E-state index is 9.13. The van der Waals surface area contributed by atoms with Crippen molar-refractivity contribution in [3.8, 4) is 6.07 Å². The maximum absolute atomic E-state index is 9.13. The number of rotatable bonds is 4. The molecule has 0 aromatic heterocycles. The van der Waals surface area contributed by atoms with Gasteiger partial charge in [-0.1, -0.05) is 24.3 Å². The third-order valence-corrected chi connectivity index (χ3v) is 3.30. The van der Waals surface area contributed by atoms with E-state index in [0.29, 0.717) is 12.1 Å². The molecule has 1 N–H and O–H groups in total. The lowest BCUT2D eigenvalue weighted by Crippen LogP contribution is -2.32. The molecule has 3 heteroatoms. The van der Waals surface area contributed by atoms with Gasteiger partial charge >= 0.3 is 0 Å². The molecule has 0 aliphatic heterocycles. The Morgan fingerprint density at radius 3 is 2.47 bits per heavy atom. The molecule has 19 heavy (non-hydrogen) atoms. The molecule has 3 nitrogen and oxygen atoms in total. The van der Waals surface area contributed by atoms with Crippen LogP contribution in [0.2, 0.25) is 0 Å². The fourth-order valence-corrected chi connectivity index (χ4v) is 1.93. The lowest BCUT2D eigenvalue weighted by atomic mass is 10.0. The number of fused-ring (bicyclic) bond motifs is 1. The summed E-state index contributed by atoms with van der Waals surface area (Å²) in [6, 6.07) is 14.0. The quantitative estimate of drug-likeness (QED) is 0.907. The van der Waals surface area contributed by atoms with Crippen molar-refractivity contribution < 1.29 is 4.74 Å². The zero-order chi connectivity index (χ0) is 13.9. The number of hydrogen-bond donors (Lipinski definition) is 1. The number of anilines is 1. The van der Waals surface area contributed by atoms with E-state index in [1.54, 1.807) is 7.11 Å². The van der Waals surface area contributed by atoms with E-state index in [1.807, 2.05) is 50.2 Å². The number of benzene rings is 2. The summed E-state index contributed by atoms with van der Waals surface area (Å²) in [4.78, 5) is 0. The highest BCUT2D eigenvalue weighted by Gasteiger charge is 2.16. The standard InChI is InChI=1S/C16H18N2O/c1-16(2,19-3)11-18-15-9-8-12(10-17)13-6-4-5-7-14(13)15/h4-9,18H,11H2,1-3H3. The maximum Gasteiger partial charge on any atom is 0.0998 e. The van der Waals surface area contributed by atoms with E-state index < -0.39 is 0 Å². The fraction of sp³-hybridized carbons (Fsp3) is 0.312. The van der Waals surface area contributed by atoms with Gasteiger partial charge in [-0.2, -0.15) is 5.26 Å². The summed E-state index contributed by atoms with van der Waals surface area (Å²) in [7, 11) is 1.71. The molecule has 0 saturated carbocycles. The number of hydrogen-bond acceptors (Lipinski definition) is 3. The Bertz CT molecular complexity index is 626. The van der Waals surface area contributed by atoms with Gasteiger partial charge in [-0.05, 0) is 26.0 Å². The topological polar surface area (TPSA) is 45.0 Å². The Morgan fingerprint density at radius 2 is 1.84 bits per heavy atom. The van der Waals surface area contributed by atoms with Gasteiger partial charge in [-0.25, -0.2) is 0 Å². The van der Waals surface area contributed by atoms with Crippen LogP contribution in [0, 0.1) is 11.3 Å². The largest absolute Gasteiger partial charge is 0.382 e. The minimum Gasteiger partial charge on any atom is -0.382 e. The van der Waals surface area contributed by atoms with Crippen molar-refractivity contribution in [2.75, 3.05) is 19.0 Å². The average Bonchev–Trinajstić information content (AvgIpc) is 2.44. The van der Waals surface area contributed by atoms with E-state index in [4.69, 9.17) is 10.00 Å². The summed E-state index contributed by atoms with van der Waals surface area (Å²) < 4.78 is 5.40. The van der Waals surface area contributed by atoms with Crippen LogP contribution >= 0.6 is 0 Å². The van der Waals surface area contributed by atoms with Crippen molar-refractivity contribution in [1.29, 1.82) is 5.26 Å². The zero-order valence-electron chi connectivity index (χ0n) is 11.5. The van der Waals surface area contributed by atoms with Gasteiger partial charge in [0.05, 0.1) is 17.2 Å². The first-order valence-electron chi connectivity index (χ1n) is 6.28. The second kappa shape index (κ2) is 5.29. The van der Waals surface area contributed by atoms with Crippen LogP contribution in [0.3, 0.4) is 0 Å². The van der Waals surface area contributed by atoms with Crippen LogP contribution in [0.4, 0.5) is 5.69 Å². The van der Waals surface area contributed by atoms with Gasteiger partial charge in [0.15, 0.2) is 0 Å². The van der Waals surface area contributed by atoms with Crippen LogP contribution < -0.4 is 5.32 Å². The van der Waals surface area contributed by atoms with E-state index in [2.05, 4.69) is 11.4 Å². The third kappa shape index (κ3) is 2.86. The highest BCUT2D eigenvalue weighted by atomic mass is 16.5. The Labute approximate surface area is 113 Å². The Morgan fingerprint density at radius 1 is 1.16 bits per heavy atom. The zero-order valence-corrected chi connectivity index (χ0v) is 11.5. The molecule has 0 unspecified atom stereocenters. The molecule has 0 bridgehead atoms. The molecule has 2 aromatic rings. The highest BCUT2D eigenvalue weighted by Crippen LogP contribution is 2.26. The normalized spacial score (nSPS) is 11.3. The molecule has 0 aliphatic carbocycles. The molecule has 0 fully saturated rings. The Hall–Kier alpha value is -2.05. The van der Waals surface area contributed by atoms with Crippen LogP contribution in [-0.4, -0.2) is 19.3 Å². The predicted molar refractivity (Wildman–Crippen MR) is 78.2 cm³/mol. The van der Waals surface area contributed by atoms with Gasteiger partial charge in [-0.15, -0.1) is 0 Å². The lowest BCUT2D eigenvalue weighted by Gasteiger charge is -2.24. The van der Waals surface area contributed by atoms with Gasteiger partial charge in [0.25, 0.3) is 0 Å². The minimum absolute atomic E-state index is 0.227. The van der Waals surface area contributed by atoms with E-state index in [0.717, 1.165) is 16.5 Å². The second-order valence-corrected chi connectivity index (χ2v) is 5.14. The lowest BCUT2D eigenvalue weighted by molar-refractivity contribution is 0.0344. The molecule has 0 aliphatic rings. The van der Waals surface area contributed by atoms with Crippen molar-refractivity contribution >= 4 is 16.5 Å². The summed E-state index contributed by atoms with van der Waals surface area (Å²) in [5, 5.41) is 14.6. The summed E-state index contributed by atoms with van der Waals surface area (Å²) in [6.07, 6.45) is 0. The Kier molecular flexibility index (Phi) is 3.73. The molecule has 0 spiro atoms. The molecule has 98 valence electrons. The molecule has 0 radical (unpaired) electrons. The summed E-state index contributed by atoms with van der Waals surface area (Å²) in [5.74, 6) is 0. The van der Waals surface area contributed by atoms with Gasteiger partial charge in [0.1, 0.15) is 0 Å². The van der Waals surface area contributed by atoms with Gasteiger partial charge in [-0.3, -0.25) is 0 Å². The molecule has 2 rings (SSSR count). The van der Waals surface area contributed by atoms with Gasteiger partial charge in [0.2, 0.25) is 0 Å². The van der Waals surface area contributed by atoms with Crippen molar-refractivity contribution in [2.45, 2.75) is 19.4 Å². The Balaban J connectivity index is 2.38. The van der Waals surface area contributed by atoms with Crippen molar-refractivity contribution in [3.05, 3.63) is 42.0 Å². The summed E-state index contributed by atoms with van der Waals surface area (Å²) in [5.41, 5.74) is 1.50. The number of nitrogens with zero attached hydrogens (tertiary/aromatic N) is 1. The van der Waals surface area contributed by atoms with Crippen molar-refractivity contribution in [1.82, 2.24) is 0 Å². The van der Waals surface area contributed by atoms with Crippen LogP contribution in [0.25, 0.3) is 10.8 Å². The first-order chi connectivity index (χ1) is 9.07. The molecular formula is C16H18N2O. The smallest absolute Gasteiger partial charge is 0.0998 e. The number of nitriles is 1. The van der Waals surface area contributed by atoms with Crippen LogP contribution in [0.5, 0.6) is 0 Å². The van der Waals surface area contributed by atoms with E-state index in [1.165, 1.54) is 0 Å². The summed E-state index contributed by atoms with van der Waals surface area (Å²) >= 11 is 0. The van der Waals surface area contributed by atoms with Crippen LogP contribution in [0.1, 0.15) is 19.4 Å². The molecule has 0 heterocycles. The SMILES string of the molecule is COC(C)(C)CNc1ccc(C#N)c2ccccc12. The van der Waals surface area contributed by atoms with Crippen LogP contribution in [-0.2, 0) is 4.74 Å². The van der Waals surface area contributed by atoms with Crippen LogP contribution in [0.15, 0.2) is 36.4 Å². The van der Waals surface area contributed by atoms with E-state index >= 15 is 0 Å². The van der Waals surface area contributed by atoms with E-state index in [-0.39, 0.29) is 5.60 Å². The first kappa shape index (κ1) is 13.4. The van der Waals surface area contributed by atoms with Crippen molar-refractivity contribution in [3.63, 3.8) is 0 Å². The minimum atomic E-state index is -0.227. The van der Waals surface area contributed by atoms with E-state index in [9.17, 15) is 0 Å². The molecule has 0 amide bonds. The fourth-order valence-electron chi connectivity index (χ4n) is 1.93. The molecular weight excluding hydrogens is 236 g/mol.